The van der Waals surface area contributed by atoms with Crippen LogP contribution in [0.15, 0.2) is 40.1 Å². The van der Waals surface area contributed by atoms with E-state index in [-0.39, 0.29) is 11.2 Å². The summed E-state index contributed by atoms with van der Waals surface area (Å²) in [6.07, 6.45) is 10.7. The van der Waals surface area contributed by atoms with Crippen LogP contribution in [0.1, 0.15) is 26.5 Å². The molecule has 0 saturated carbocycles. The van der Waals surface area contributed by atoms with Gasteiger partial charge in [-0.1, -0.05) is 37.0 Å². The van der Waals surface area contributed by atoms with E-state index in [1.165, 1.54) is 7.11 Å². The fourth-order valence-corrected chi connectivity index (χ4v) is 1.85. The third-order valence-corrected chi connectivity index (χ3v) is 2.84. The summed E-state index contributed by atoms with van der Waals surface area (Å²) in [4.78, 5) is 12.4. The first-order valence-corrected chi connectivity index (χ1v) is 6.44. The van der Waals surface area contributed by atoms with Crippen LogP contribution in [-0.4, -0.2) is 7.11 Å². The molecule has 0 unspecified atom stereocenters. The fraction of sp³-hybridized carbons (Fsp3) is 0.235. The van der Waals surface area contributed by atoms with E-state index < -0.39 is 0 Å². The Labute approximate surface area is 118 Å². The smallest absolute Gasteiger partial charge is 0.234 e. The summed E-state index contributed by atoms with van der Waals surface area (Å²) in [7, 11) is 1.46. The summed E-state index contributed by atoms with van der Waals surface area (Å²) in [5.74, 6) is 0.587. The maximum atomic E-state index is 12.4. The van der Waals surface area contributed by atoms with Crippen molar-refractivity contribution in [2.45, 2.75) is 20.8 Å². The van der Waals surface area contributed by atoms with Gasteiger partial charge in [-0.3, -0.25) is 4.79 Å². The van der Waals surface area contributed by atoms with Gasteiger partial charge in [-0.2, -0.15) is 0 Å². The molecular formula is C17H20O3. The van der Waals surface area contributed by atoms with Gasteiger partial charge in [0.15, 0.2) is 5.76 Å². The molecule has 1 aromatic heterocycles. The van der Waals surface area contributed by atoms with Gasteiger partial charge in [-0.05, 0) is 26.8 Å². The fourth-order valence-electron chi connectivity index (χ4n) is 1.85. The Morgan fingerprint density at radius 1 is 1.25 bits per heavy atom. The van der Waals surface area contributed by atoms with Crippen LogP contribution in [0.4, 0.5) is 0 Å². The van der Waals surface area contributed by atoms with Gasteiger partial charge in [0, 0.05) is 5.57 Å². The second-order valence-electron chi connectivity index (χ2n) is 4.00. The maximum Gasteiger partial charge on any atom is 0.234 e. The van der Waals surface area contributed by atoms with E-state index >= 15 is 0 Å². The molecule has 0 aromatic carbocycles. The minimum Gasteiger partial charge on any atom is -0.490 e. The van der Waals surface area contributed by atoms with Gasteiger partial charge < -0.3 is 9.15 Å². The average molecular weight is 272 g/mol. The van der Waals surface area contributed by atoms with Crippen LogP contribution >= 0.6 is 0 Å². The van der Waals surface area contributed by atoms with E-state index in [9.17, 15) is 4.79 Å². The summed E-state index contributed by atoms with van der Waals surface area (Å²) in [6.45, 7) is 9.28. The van der Waals surface area contributed by atoms with Crippen molar-refractivity contribution in [2.24, 2.45) is 0 Å². The van der Waals surface area contributed by atoms with Gasteiger partial charge in [0.05, 0.1) is 12.3 Å². The summed E-state index contributed by atoms with van der Waals surface area (Å²) in [5, 5.41) is 0.502. The van der Waals surface area contributed by atoms with Gasteiger partial charge in [0.2, 0.25) is 11.2 Å². The Balaban J connectivity index is 3.86. The average Bonchev–Trinajstić information content (AvgIpc) is 2.47. The molecule has 0 fully saturated rings. The van der Waals surface area contributed by atoms with Crippen LogP contribution in [0.2, 0.25) is 0 Å². The summed E-state index contributed by atoms with van der Waals surface area (Å²) < 4.78 is 11.0. The number of methoxy groups -OCH3 is 1. The molecular weight excluding hydrogens is 252 g/mol. The van der Waals surface area contributed by atoms with Gasteiger partial charge in [0.1, 0.15) is 5.42 Å². The zero-order valence-electron chi connectivity index (χ0n) is 12.4. The second-order valence-corrected chi connectivity index (χ2v) is 4.00. The molecule has 0 N–H and O–H groups in total. The number of allylic oxidation sites excluding steroid dienone is 5. The number of ether oxygens (including phenoxy) is 1. The Morgan fingerprint density at radius 3 is 2.40 bits per heavy atom. The lowest BCUT2D eigenvalue weighted by molar-refractivity contribution is 0.374. The van der Waals surface area contributed by atoms with Gasteiger partial charge in [-0.15, -0.1) is 0 Å². The molecule has 20 heavy (non-hydrogen) atoms. The van der Waals surface area contributed by atoms with Crippen molar-refractivity contribution in [3.8, 4) is 5.75 Å². The molecule has 0 atom stereocenters. The summed E-state index contributed by atoms with van der Waals surface area (Å²) in [6, 6.07) is 0. The third kappa shape index (κ3) is 2.99. The minimum atomic E-state index is -0.183. The predicted octanol–water partition coefficient (Wildman–Crippen LogP) is 2.39. The highest BCUT2D eigenvalue weighted by molar-refractivity contribution is 5.74. The predicted molar refractivity (Wildman–Crippen MR) is 84.0 cm³/mol. The lowest BCUT2D eigenvalue weighted by Crippen LogP contribution is -2.39. The van der Waals surface area contributed by atoms with Crippen LogP contribution in [-0.2, 0) is 0 Å². The molecule has 1 heterocycles. The standard InChI is InChI=1S/C17H20O3/c1-6-10-11-12(7-2)16-17(19-5)15(18)13(8-3)14(9-4)20-16/h6-11H,2H2,1,3-5H3/b10-6-,12-11+,13-8+,14-9+. The Hall–Kier alpha value is -2.29. The van der Waals surface area contributed by atoms with Crippen molar-refractivity contribution in [1.29, 1.82) is 0 Å². The highest BCUT2D eigenvalue weighted by Gasteiger charge is 2.14. The normalized spacial score (nSPS) is 14.1. The molecule has 106 valence electrons. The van der Waals surface area contributed by atoms with E-state index in [0.29, 0.717) is 22.0 Å². The molecule has 1 rings (SSSR count). The number of rotatable bonds is 4. The lowest BCUT2D eigenvalue weighted by Gasteiger charge is -2.07. The Bertz CT molecular complexity index is 716. The van der Waals surface area contributed by atoms with Crippen LogP contribution in [0, 0.1) is 0 Å². The third-order valence-electron chi connectivity index (χ3n) is 2.84. The molecule has 0 aliphatic heterocycles. The molecule has 0 radical (unpaired) electrons. The summed E-state index contributed by atoms with van der Waals surface area (Å²) >= 11 is 0. The van der Waals surface area contributed by atoms with Gasteiger partial charge >= 0.3 is 0 Å². The van der Waals surface area contributed by atoms with Crippen LogP contribution in [0.25, 0.3) is 17.7 Å². The minimum absolute atomic E-state index is 0.183. The second kappa shape index (κ2) is 7.34. The van der Waals surface area contributed by atoms with Crippen molar-refractivity contribution in [3.05, 3.63) is 57.5 Å². The molecule has 3 heteroatoms. The zero-order chi connectivity index (χ0) is 15.1. The molecule has 3 nitrogen and oxygen atoms in total. The Morgan fingerprint density at radius 2 is 1.95 bits per heavy atom. The van der Waals surface area contributed by atoms with E-state index in [0.717, 1.165) is 0 Å². The topological polar surface area (TPSA) is 39.4 Å². The monoisotopic (exact) mass is 272 g/mol. The van der Waals surface area contributed by atoms with Crippen molar-refractivity contribution >= 4 is 17.7 Å². The molecule has 0 bridgehead atoms. The van der Waals surface area contributed by atoms with Crippen molar-refractivity contribution in [1.82, 2.24) is 0 Å². The SMILES string of the molecule is C=C/C(=C\C=C/C)c1oc(=C/C)/c(=C\C)c(=O)c1OC. The van der Waals surface area contributed by atoms with Crippen LogP contribution in [0.3, 0.4) is 0 Å². The first kappa shape index (κ1) is 15.8. The van der Waals surface area contributed by atoms with Gasteiger partial charge in [0.25, 0.3) is 0 Å². The van der Waals surface area contributed by atoms with E-state index in [1.54, 1.807) is 25.2 Å². The maximum absolute atomic E-state index is 12.4. The molecule has 1 aromatic rings. The van der Waals surface area contributed by atoms with Crippen molar-refractivity contribution in [2.75, 3.05) is 7.11 Å². The molecule has 0 aliphatic rings. The van der Waals surface area contributed by atoms with Gasteiger partial charge in [-0.25, -0.2) is 0 Å². The highest BCUT2D eigenvalue weighted by Crippen LogP contribution is 2.21. The Kier molecular flexibility index (Phi) is 5.78. The van der Waals surface area contributed by atoms with E-state index in [1.807, 2.05) is 32.1 Å². The zero-order valence-corrected chi connectivity index (χ0v) is 12.4. The molecule has 0 aliphatic carbocycles. The molecule has 0 amide bonds. The largest absolute Gasteiger partial charge is 0.490 e. The van der Waals surface area contributed by atoms with Crippen molar-refractivity contribution < 1.29 is 9.15 Å². The number of hydrogen-bond donors (Lipinski definition) is 0. The number of hydrogen-bond acceptors (Lipinski definition) is 3. The molecule has 0 saturated heterocycles. The first-order chi connectivity index (χ1) is 9.64. The summed E-state index contributed by atoms with van der Waals surface area (Å²) in [5.41, 5.74) is 1.04. The van der Waals surface area contributed by atoms with E-state index in [4.69, 9.17) is 9.15 Å². The van der Waals surface area contributed by atoms with Crippen molar-refractivity contribution in [3.63, 3.8) is 0 Å². The van der Waals surface area contributed by atoms with Crippen LogP contribution < -0.4 is 20.8 Å². The van der Waals surface area contributed by atoms with E-state index in [2.05, 4.69) is 6.58 Å². The highest BCUT2D eigenvalue weighted by atomic mass is 16.5. The quantitative estimate of drug-likeness (QED) is 0.790. The lowest BCUT2D eigenvalue weighted by atomic mass is 10.1. The first-order valence-electron chi connectivity index (χ1n) is 6.44. The molecule has 0 spiro atoms. The van der Waals surface area contributed by atoms with Crippen LogP contribution in [0.5, 0.6) is 5.75 Å².